The molecule has 0 aliphatic rings. The minimum atomic E-state index is -0.247. The molecular formula is C18H22N2O3. The summed E-state index contributed by atoms with van der Waals surface area (Å²) < 4.78 is 5.44. The number of hydrogen-bond acceptors (Lipinski definition) is 3. The lowest BCUT2D eigenvalue weighted by atomic mass is 10.1. The van der Waals surface area contributed by atoms with Crippen molar-refractivity contribution in [1.29, 1.82) is 0 Å². The van der Waals surface area contributed by atoms with Crippen molar-refractivity contribution >= 4 is 11.8 Å². The van der Waals surface area contributed by atoms with Gasteiger partial charge in [0, 0.05) is 12.6 Å². The van der Waals surface area contributed by atoms with Crippen molar-refractivity contribution in [2.24, 2.45) is 0 Å². The number of carbonyl (C=O) groups excluding carboxylic acids is 2. The van der Waals surface area contributed by atoms with Gasteiger partial charge in [-0.1, -0.05) is 6.07 Å². The molecule has 0 atom stereocenters. The molecule has 5 nitrogen and oxygen atoms in total. The van der Waals surface area contributed by atoms with E-state index in [1.807, 2.05) is 45.0 Å². The van der Waals surface area contributed by atoms with Crippen LogP contribution in [0.3, 0.4) is 0 Å². The van der Waals surface area contributed by atoms with Gasteiger partial charge in [0.25, 0.3) is 5.91 Å². The van der Waals surface area contributed by atoms with E-state index in [1.54, 1.807) is 13.1 Å². The van der Waals surface area contributed by atoms with E-state index >= 15 is 0 Å². The molecule has 1 aromatic carbocycles. The molecule has 0 aliphatic carbocycles. The number of likely N-dealkylation sites (N-methyl/N-ethyl adjacent to an activating group) is 1. The van der Waals surface area contributed by atoms with Crippen LogP contribution in [0.25, 0.3) is 0 Å². The molecule has 0 spiro atoms. The van der Waals surface area contributed by atoms with Crippen molar-refractivity contribution < 1.29 is 14.0 Å². The first-order valence-electron chi connectivity index (χ1n) is 7.51. The number of nitrogens with one attached hydrogen (secondary N) is 1. The molecule has 0 radical (unpaired) electrons. The van der Waals surface area contributed by atoms with Crippen LogP contribution in [-0.4, -0.2) is 30.3 Å². The first kappa shape index (κ1) is 16.8. The van der Waals surface area contributed by atoms with Crippen molar-refractivity contribution in [2.75, 3.05) is 13.6 Å². The number of hydrogen-bond donors (Lipinski definition) is 1. The van der Waals surface area contributed by atoms with Crippen LogP contribution in [0, 0.1) is 20.8 Å². The fourth-order valence-electron chi connectivity index (χ4n) is 2.17. The molecule has 0 bridgehead atoms. The Labute approximate surface area is 136 Å². The SMILES string of the molecule is Cc1ccc(CN(C)C(=O)CNC(=O)c2ccc(C)c(C)c2)o1. The summed E-state index contributed by atoms with van der Waals surface area (Å²) in [6, 6.07) is 9.18. The molecule has 2 rings (SSSR count). The van der Waals surface area contributed by atoms with Gasteiger partial charge in [0.15, 0.2) is 0 Å². The number of furan rings is 1. The summed E-state index contributed by atoms with van der Waals surface area (Å²) in [4.78, 5) is 25.7. The molecule has 0 saturated heterocycles. The maximum Gasteiger partial charge on any atom is 0.251 e. The van der Waals surface area contributed by atoms with Crippen LogP contribution in [0.4, 0.5) is 0 Å². The van der Waals surface area contributed by atoms with E-state index in [9.17, 15) is 9.59 Å². The van der Waals surface area contributed by atoms with Crippen LogP contribution in [0.1, 0.15) is 33.0 Å². The Morgan fingerprint density at radius 1 is 1.09 bits per heavy atom. The number of rotatable bonds is 5. The third-order valence-electron chi connectivity index (χ3n) is 3.78. The van der Waals surface area contributed by atoms with Crippen LogP contribution >= 0.6 is 0 Å². The Kier molecular flexibility index (Phi) is 5.21. The van der Waals surface area contributed by atoms with Crippen molar-refractivity contribution in [3.63, 3.8) is 0 Å². The van der Waals surface area contributed by atoms with Crippen LogP contribution in [0.2, 0.25) is 0 Å². The maximum absolute atomic E-state index is 12.1. The number of carbonyl (C=O) groups is 2. The fraction of sp³-hybridized carbons (Fsp3) is 0.333. The Bertz CT molecular complexity index is 719. The van der Waals surface area contributed by atoms with Gasteiger partial charge in [0.1, 0.15) is 11.5 Å². The predicted molar refractivity (Wildman–Crippen MR) is 88.2 cm³/mol. The van der Waals surface area contributed by atoms with E-state index in [1.165, 1.54) is 4.90 Å². The van der Waals surface area contributed by atoms with Gasteiger partial charge in [-0.2, -0.15) is 0 Å². The van der Waals surface area contributed by atoms with Crippen LogP contribution in [-0.2, 0) is 11.3 Å². The molecular weight excluding hydrogens is 292 g/mol. The van der Waals surface area contributed by atoms with Gasteiger partial charge in [-0.05, 0) is 56.2 Å². The van der Waals surface area contributed by atoms with Gasteiger partial charge in [-0.3, -0.25) is 9.59 Å². The molecule has 1 heterocycles. The van der Waals surface area contributed by atoms with Gasteiger partial charge >= 0.3 is 0 Å². The molecule has 122 valence electrons. The highest BCUT2D eigenvalue weighted by Gasteiger charge is 2.13. The highest BCUT2D eigenvalue weighted by atomic mass is 16.3. The van der Waals surface area contributed by atoms with E-state index in [-0.39, 0.29) is 18.4 Å². The maximum atomic E-state index is 12.1. The monoisotopic (exact) mass is 314 g/mol. The lowest BCUT2D eigenvalue weighted by molar-refractivity contribution is -0.129. The average molecular weight is 314 g/mol. The fourth-order valence-corrected chi connectivity index (χ4v) is 2.17. The van der Waals surface area contributed by atoms with Crippen molar-refractivity contribution in [3.05, 3.63) is 58.5 Å². The van der Waals surface area contributed by atoms with E-state index in [0.29, 0.717) is 12.1 Å². The third-order valence-corrected chi connectivity index (χ3v) is 3.78. The van der Waals surface area contributed by atoms with Gasteiger partial charge in [-0.15, -0.1) is 0 Å². The number of aryl methyl sites for hydroxylation is 3. The zero-order valence-corrected chi connectivity index (χ0v) is 14.0. The summed E-state index contributed by atoms with van der Waals surface area (Å²) in [6.07, 6.45) is 0. The van der Waals surface area contributed by atoms with Gasteiger partial charge < -0.3 is 14.6 Å². The highest BCUT2D eigenvalue weighted by molar-refractivity contribution is 5.96. The average Bonchev–Trinajstić information content (AvgIpc) is 2.92. The number of nitrogens with zero attached hydrogens (tertiary/aromatic N) is 1. The molecule has 1 aromatic heterocycles. The van der Waals surface area contributed by atoms with Crippen molar-refractivity contribution in [2.45, 2.75) is 27.3 Å². The Morgan fingerprint density at radius 2 is 1.83 bits per heavy atom. The Morgan fingerprint density at radius 3 is 2.43 bits per heavy atom. The van der Waals surface area contributed by atoms with Crippen LogP contribution < -0.4 is 5.32 Å². The Hall–Kier alpha value is -2.56. The summed E-state index contributed by atoms with van der Waals surface area (Å²) in [5.41, 5.74) is 2.74. The second kappa shape index (κ2) is 7.13. The minimum Gasteiger partial charge on any atom is -0.464 e. The largest absolute Gasteiger partial charge is 0.464 e. The predicted octanol–water partition coefficient (Wildman–Crippen LogP) is 2.59. The van der Waals surface area contributed by atoms with Gasteiger partial charge in [0.2, 0.25) is 5.91 Å². The first-order chi connectivity index (χ1) is 10.9. The van der Waals surface area contributed by atoms with E-state index < -0.39 is 0 Å². The van der Waals surface area contributed by atoms with Gasteiger partial charge in [-0.25, -0.2) is 0 Å². The molecule has 23 heavy (non-hydrogen) atoms. The highest BCUT2D eigenvalue weighted by Crippen LogP contribution is 2.10. The Balaban J connectivity index is 1.87. The van der Waals surface area contributed by atoms with Crippen molar-refractivity contribution in [3.8, 4) is 0 Å². The molecule has 0 unspecified atom stereocenters. The smallest absolute Gasteiger partial charge is 0.251 e. The van der Waals surface area contributed by atoms with E-state index in [4.69, 9.17) is 4.42 Å². The van der Waals surface area contributed by atoms with Gasteiger partial charge in [0.05, 0.1) is 13.1 Å². The topological polar surface area (TPSA) is 62.6 Å². The van der Waals surface area contributed by atoms with E-state index in [0.717, 1.165) is 22.6 Å². The van der Waals surface area contributed by atoms with Crippen LogP contribution in [0.5, 0.6) is 0 Å². The van der Waals surface area contributed by atoms with Crippen molar-refractivity contribution in [1.82, 2.24) is 10.2 Å². The second-order valence-electron chi connectivity index (χ2n) is 5.74. The lowest BCUT2D eigenvalue weighted by Crippen LogP contribution is -2.37. The summed E-state index contributed by atoms with van der Waals surface area (Å²) >= 11 is 0. The normalized spacial score (nSPS) is 10.4. The van der Waals surface area contributed by atoms with Crippen LogP contribution in [0.15, 0.2) is 34.7 Å². The second-order valence-corrected chi connectivity index (χ2v) is 5.74. The molecule has 1 N–H and O–H groups in total. The molecule has 5 heteroatoms. The summed E-state index contributed by atoms with van der Waals surface area (Å²) in [5.74, 6) is 1.11. The summed E-state index contributed by atoms with van der Waals surface area (Å²) in [7, 11) is 1.68. The summed E-state index contributed by atoms with van der Waals surface area (Å²) in [6.45, 7) is 6.14. The molecule has 2 aromatic rings. The number of amides is 2. The summed E-state index contributed by atoms with van der Waals surface area (Å²) in [5, 5.41) is 2.66. The molecule has 0 fully saturated rings. The first-order valence-corrected chi connectivity index (χ1v) is 7.51. The number of benzene rings is 1. The molecule has 0 aliphatic heterocycles. The lowest BCUT2D eigenvalue weighted by Gasteiger charge is -2.16. The third kappa shape index (κ3) is 4.45. The zero-order chi connectivity index (χ0) is 17.0. The zero-order valence-electron chi connectivity index (χ0n) is 14.0. The standard InChI is InChI=1S/C18H22N2O3/c1-12-5-7-15(9-13(12)2)18(22)19-10-17(21)20(4)11-16-8-6-14(3)23-16/h5-9H,10-11H2,1-4H3,(H,19,22). The minimum absolute atomic E-state index is 0.0397. The molecule has 0 saturated carbocycles. The quantitative estimate of drug-likeness (QED) is 0.922. The van der Waals surface area contributed by atoms with E-state index in [2.05, 4.69) is 5.32 Å². The molecule has 2 amide bonds.